The van der Waals surface area contributed by atoms with Crippen molar-refractivity contribution in [1.29, 1.82) is 0 Å². The van der Waals surface area contributed by atoms with Gasteiger partial charge in [0.1, 0.15) is 0 Å². The molecule has 98 valence electrons. The van der Waals surface area contributed by atoms with Crippen LogP contribution in [0.4, 0.5) is 5.69 Å². The minimum absolute atomic E-state index is 0.0524. The van der Waals surface area contributed by atoms with E-state index in [-0.39, 0.29) is 5.69 Å². The molecule has 1 aromatic heterocycles. The van der Waals surface area contributed by atoms with E-state index in [1.54, 1.807) is 12.1 Å². The van der Waals surface area contributed by atoms with E-state index in [0.29, 0.717) is 11.6 Å². The Bertz CT molecular complexity index is 735. The van der Waals surface area contributed by atoms with E-state index in [1.807, 2.05) is 30.3 Å². The highest BCUT2D eigenvalue weighted by molar-refractivity contribution is 5.61. The Kier molecular flexibility index (Phi) is 2.96. The summed E-state index contributed by atoms with van der Waals surface area (Å²) in [5.74, 6) is 1.18. The molecular weight excluding hydrogens is 256 g/mol. The van der Waals surface area contributed by atoms with Crippen LogP contribution in [0.5, 0.6) is 0 Å². The van der Waals surface area contributed by atoms with Gasteiger partial charge in [0.05, 0.1) is 4.92 Å². The van der Waals surface area contributed by atoms with Crippen LogP contribution >= 0.6 is 0 Å². The first-order valence-corrected chi connectivity index (χ1v) is 5.97. The molecule has 1 N–H and O–H groups in total. The smallest absolute Gasteiger partial charge is 0.259 e. The van der Waals surface area contributed by atoms with Gasteiger partial charge >= 0.3 is 0 Å². The summed E-state index contributed by atoms with van der Waals surface area (Å²) >= 11 is 0. The highest BCUT2D eigenvalue weighted by Gasteiger charge is 2.09. The fraction of sp³-hybridized carbons (Fsp3) is 0. The van der Waals surface area contributed by atoms with Crippen LogP contribution < -0.4 is 0 Å². The molecule has 3 rings (SSSR count). The number of rotatable bonds is 3. The van der Waals surface area contributed by atoms with Gasteiger partial charge in [-0.15, -0.1) is 0 Å². The Labute approximate surface area is 114 Å². The van der Waals surface area contributed by atoms with Gasteiger partial charge in [-0.05, 0) is 12.1 Å². The maximum absolute atomic E-state index is 10.6. The van der Waals surface area contributed by atoms with Crippen molar-refractivity contribution in [2.45, 2.75) is 0 Å². The molecule has 20 heavy (non-hydrogen) atoms. The van der Waals surface area contributed by atoms with Gasteiger partial charge in [0.25, 0.3) is 5.69 Å². The third-order valence-corrected chi connectivity index (χ3v) is 2.87. The predicted molar refractivity (Wildman–Crippen MR) is 73.9 cm³/mol. The second kappa shape index (κ2) is 4.93. The van der Waals surface area contributed by atoms with Crippen molar-refractivity contribution < 1.29 is 4.92 Å². The van der Waals surface area contributed by atoms with E-state index in [0.717, 1.165) is 11.1 Å². The molecule has 0 saturated carbocycles. The topological polar surface area (TPSA) is 84.7 Å². The van der Waals surface area contributed by atoms with Crippen molar-refractivity contribution in [2.24, 2.45) is 0 Å². The van der Waals surface area contributed by atoms with Crippen molar-refractivity contribution in [1.82, 2.24) is 15.2 Å². The number of non-ortho nitro benzene ring substituents is 1. The van der Waals surface area contributed by atoms with Crippen molar-refractivity contribution in [3.8, 4) is 22.8 Å². The summed E-state index contributed by atoms with van der Waals surface area (Å²) in [4.78, 5) is 14.6. The second-order valence-corrected chi connectivity index (χ2v) is 4.18. The maximum Gasteiger partial charge on any atom is 0.269 e. The van der Waals surface area contributed by atoms with Gasteiger partial charge in [-0.3, -0.25) is 15.2 Å². The molecule has 6 nitrogen and oxygen atoms in total. The number of nitro benzene ring substituents is 1. The van der Waals surface area contributed by atoms with Crippen LogP contribution in [0.3, 0.4) is 0 Å². The van der Waals surface area contributed by atoms with Gasteiger partial charge in [-0.25, -0.2) is 4.98 Å². The predicted octanol–water partition coefficient (Wildman–Crippen LogP) is 3.05. The molecule has 0 fully saturated rings. The normalized spacial score (nSPS) is 10.4. The molecule has 2 aromatic carbocycles. The molecule has 0 radical (unpaired) electrons. The molecule has 0 unspecified atom stereocenters. The van der Waals surface area contributed by atoms with Crippen molar-refractivity contribution in [3.63, 3.8) is 0 Å². The van der Waals surface area contributed by atoms with E-state index in [1.165, 1.54) is 12.1 Å². The van der Waals surface area contributed by atoms with E-state index in [9.17, 15) is 10.1 Å². The first kappa shape index (κ1) is 12.0. The molecule has 0 aliphatic carbocycles. The van der Waals surface area contributed by atoms with Crippen LogP contribution in [0.15, 0.2) is 54.6 Å². The zero-order valence-electron chi connectivity index (χ0n) is 10.4. The van der Waals surface area contributed by atoms with Crippen molar-refractivity contribution >= 4 is 5.69 Å². The van der Waals surface area contributed by atoms with Crippen LogP contribution in [-0.4, -0.2) is 20.1 Å². The first-order chi connectivity index (χ1) is 9.74. The van der Waals surface area contributed by atoms with Crippen LogP contribution in [0.25, 0.3) is 22.8 Å². The van der Waals surface area contributed by atoms with E-state index in [4.69, 9.17) is 0 Å². The number of nitro groups is 1. The average Bonchev–Trinajstić information content (AvgIpc) is 2.98. The standard InChI is InChI=1S/C14H10N4O2/c19-18(20)12-8-6-11(7-9-12)14-15-13(16-17-14)10-4-2-1-3-5-10/h1-9H,(H,15,16,17). The van der Waals surface area contributed by atoms with Gasteiger partial charge in [0, 0.05) is 23.3 Å². The molecule has 0 spiro atoms. The van der Waals surface area contributed by atoms with E-state index < -0.39 is 4.92 Å². The Balaban J connectivity index is 1.92. The van der Waals surface area contributed by atoms with E-state index in [2.05, 4.69) is 15.2 Å². The van der Waals surface area contributed by atoms with Gasteiger partial charge in [0.15, 0.2) is 11.6 Å². The third-order valence-electron chi connectivity index (χ3n) is 2.87. The number of benzene rings is 2. The lowest BCUT2D eigenvalue weighted by molar-refractivity contribution is -0.384. The van der Waals surface area contributed by atoms with Crippen LogP contribution in [0.2, 0.25) is 0 Å². The number of hydrogen-bond acceptors (Lipinski definition) is 4. The summed E-state index contributed by atoms with van der Waals surface area (Å²) in [5, 5.41) is 17.6. The van der Waals surface area contributed by atoms with Crippen molar-refractivity contribution in [2.75, 3.05) is 0 Å². The minimum atomic E-state index is -0.431. The summed E-state index contributed by atoms with van der Waals surface area (Å²) in [6.45, 7) is 0. The lowest BCUT2D eigenvalue weighted by atomic mass is 10.2. The highest BCUT2D eigenvalue weighted by atomic mass is 16.6. The van der Waals surface area contributed by atoms with Gasteiger partial charge in [0.2, 0.25) is 0 Å². The van der Waals surface area contributed by atoms with E-state index >= 15 is 0 Å². The molecule has 1 heterocycles. The average molecular weight is 266 g/mol. The Morgan fingerprint density at radius 1 is 0.950 bits per heavy atom. The van der Waals surface area contributed by atoms with Gasteiger partial charge < -0.3 is 0 Å². The number of aromatic amines is 1. The quantitative estimate of drug-likeness (QED) is 0.583. The molecule has 6 heteroatoms. The summed E-state index contributed by atoms with van der Waals surface area (Å²) in [6.07, 6.45) is 0. The molecule has 0 atom stereocenters. The summed E-state index contributed by atoms with van der Waals surface area (Å²) < 4.78 is 0. The molecule has 0 aliphatic rings. The van der Waals surface area contributed by atoms with Gasteiger partial charge in [-0.2, -0.15) is 5.10 Å². The van der Waals surface area contributed by atoms with Crippen LogP contribution in [0.1, 0.15) is 0 Å². The number of nitrogens with one attached hydrogen (secondary N) is 1. The fourth-order valence-corrected chi connectivity index (χ4v) is 1.85. The van der Waals surface area contributed by atoms with Gasteiger partial charge in [-0.1, -0.05) is 30.3 Å². The number of H-pyrrole nitrogens is 1. The molecule has 0 saturated heterocycles. The molecule has 3 aromatic rings. The van der Waals surface area contributed by atoms with Crippen LogP contribution in [-0.2, 0) is 0 Å². The lowest BCUT2D eigenvalue weighted by Crippen LogP contribution is -1.87. The minimum Gasteiger partial charge on any atom is -0.259 e. The fourth-order valence-electron chi connectivity index (χ4n) is 1.85. The SMILES string of the molecule is O=[N+]([O-])c1ccc(-c2nc(-c3ccccc3)n[nH]2)cc1. The number of aromatic nitrogens is 3. The molecule has 0 bridgehead atoms. The summed E-state index contributed by atoms with van der Waals surface area (Å²) in [6, 6.07) is 15.8. The highest BCUT2D eigenvalue weighted by Crippen LogP contribution is 2.21. The summed E-state index contributed by atoms with van der Waals surface area (Å²) in [5.41, 5.74) is 1.72. The van der Waals surface area contributed by atoms with Crippen molar-refractivity contribution in [3.05, 3.63) is 64.7 Å². The molecular formula is C14H10N4O2. The Morgan fingerprint density at radius 3 is 2.30 bits per heavy atom. The molecule has 0 aliphatic heterocycles. The molecule has 0 amide bonds. The third kappa shape index (κ3) is 2.26. The second-order valence-electron chi connectivity index (χ2n) is 4.18. The zero-order chi connectivity index (χ0) is 13.9. The van der Waals surface area contributed by atoms with Crippen LogP contribution in [0, 0.1) is 10.1 Å². The monoisotopic (exact) mass is 266 g/mol. The first-order valence-electron chi connectivity index (χ1n) is 5.97. The number of hydrogen-bond donors (Lipinski definition) is 1. The Morgan fingerprint density at radius 2 is 1.65 bits per heavy atom. The Hall–Kier alpha value is -3.02. The maximum atomic E-state index is 10.6. The largest absolute Gasteiger partial charge is 0.269 e. The lowest BCUT2D eigenvalue weighted by Gasteiger charge is -1.95. The number of nitrogens with zero attached hydrogens (tertiary/aromatic N) is 3. The summed E-state index contributed by atoms with van der Waals surface area (Å²) in [7, 11) is 0. The zero-order valence-corrected chi connectivity index (χ0v) is 10.4.